The minimum Gasteiger partial charge on any atom is -0.497 e. The number of aliphatic imine (C=N–C) groups is 1. The van der Waals surface area contributed by atoms with E-state index in [4.69, 9.17) is 9.15 Å². The maximum Gasteiger partial charge on any atom is 0.251 e. The molecule has 3 aromatic rings. The van der Waals surface area contributed by atoms with Crippen molar-refractivity contribution < 1.29 is 13.9 Å². The Morgan fingerprint density at radius 3 is 2.32 bits per heavy atom. The molecule has 0 fully saturated rings. The van der Waals surface area contributed by atoms with Crippen LogP contribution in [0.15, 0.2) is 76.3 Å². The Bertz CT molecular complexity index is 973. The third-order valence-corrected chi connectivity index (χ3v) is 4.50. The van der Waals surface area contributed by atoms with Crippen molar-refractivity contribution in [3.05, 3.63) is 89.4 Å². The summed E-state index contributed by atoms with van der Waals surface area (Å²) in [5.74, 6) is 2.08. The number of nitrogens with one attached hydrogen (secondary N) is 3. The Balaban J connectivity index is 0.00000341. The number of hydrogen-bond donors (Lipinski definition) is 3. The summed E-state index contributed by atoms with van der Waals surface area (Å²) in [6.07, 6.45) is 1.59. The summed E-state index contributed by atoms with van der Waals surface area (Å²) >= 11 is 0. The van der Waals surface area contributed by atoms with Crippen LogP contribution < -0.4 is 20.7 Å². The molecule has 0 spiro atoms. The largest absolute Gasteiger partial charge is 0.497 e. The van der Waals surface area contributed by atoms with E-state index in [0.717, 1.165) is 16.9 Å². The minimum atomic E-state index is -0.143. The van der Waals surface area contributed by atoms with Crippen LogP contribution in [0.1, 0.15) is 27.2 Å². The molecule has 164 valence electrons. The fraction of sp³-hybridized carbons (Fsp3) is 0.217. The molecule has 31 heavy (non-hydrogen) atoms. The van der Waals surface area contributed by atoms with Crippen LogP contribution >= 0.6 is 24.0 Å². The Kier molecular flexibility index (Phi) is 9.89. The molecule has 0 aliphatic rings. The van der Waals surface area contributed by atoms with E-state index >= 15 is 0 Å². The molecule has 1 aromatic heterocycles. The summed E-state index contributed by atoms with van der Waals surface area (Å²) in [6.45, 7) is 1.54. The molecule has 1 amide bonds. The van der Waals surface area contributed by atoms with Gasteiger partial charge in [0.15, 0.2) is 5.96 Å². The lowest BCUT2D eigenvalue weighted by Gasteiger charge is -2.13. The Hall–Kier alpha value is -3.01. The van der Waals surface area contributed by atoms with Crippen molar-refractivity contribution in [2.24, 2.45) is 4.99 Å². The first-order chi connectivity index (χ1) is 14.7. The molecule has 7 nitrogen and oxygen atoms in total. The van der Waals surface area contributed by atoms with Gasteiger partial charge in [0.05, 0.1) is 19.9 Å². The van der Waals surface area contributed by atoms with Gasteiger partial charge in [-0.15, -0.1) is 24.0 Å². The number of furan rings is 1. The van der Waals surface area contributed by atoms with Crippen molar-refractivity contribution >= 4 is 35.8 Å². The van der Waals surface area contributed by atoms with Crippen molar-refractivity contribution in [2.45, 2.75) is 19.6 Å². The van der Waals surface area contributed by atoms with E-state index in [1.54, 1.807) is 32.6 Å². The van der Waals surface area contributed by atoms with Crippen LogP contribution in [0.3, 0.4) is 0 Å². The monoisotopic (exact) mass is 534 g/mol. The van der Waals surface area contributed by atoms with Crippen molar-refractivity contribution in [3.8, 4) is 5.75 Å². The first-order valence-electron chi connectivity index (χ1n) is 9.65. The number of carbonyl (C=O) groups is 1. The summed E-state index contributed by atoms with van der Waals surface area (Å²) < 4.78 is 10.4. The molecular weight excluding hydrogens is 507 g/mol. The lowest BCUT2D eigenvalue weighted by atomic mass is 10.1. The van der Waals surface area contributed by atoms with Gasteiger partial charge in [-0.3, -0.25) is 9.79 Å². The van der Waals surface area contributed by atoms with Crippen molar-refractivity contribution in [3.63, 3.8) is 0 Å². The van der Waals surface area contributed by atoms with Gasteiger partial charge in [-0.05, 0) is 47.5 Å². The van der Waals surface area contributed by atoms with Gasteiger partial charge in [-0.2, -0.15) is 0 Å². The average Bonchev–Trinajstić information content (AvgIpc) is 3.32. The zero-order valence-electron chi connectivity index (χ0n) is 17.6. The van der Waals surface area contributed by atoms with Gasteiger partial charge in [0.1, 0.15) is 11.5 Å². The average molecular weight is 534 g/mol. The lowest BCUT2D eigenvalue weighted by Crippen LogP contribution is -2.36. The van der Waals surface area contributed by atoms with Crippen LogP contribution in [-0.2, 0) is 19.6 Å². The molecule has 0 atom stereocenters. The molecule has 0 aliphatic heterocycles. The van der Waals surface area contributed by atoms with Gasteiger partial charge < -0.3 is 25.1 Å². The molecular formula is C23H27IN4O3. The number of guanidine groups is 1. The van der Waals surface area contributed by atoms with Crippen molar-refractivity contribution in [1.82, 2.24) is 16.0 Å². The fourth-order valence-corrected chi connectivity index (χ4v) is 2.84. The van der Waals surface area contributed by atoms with Gasteiger partial charge >= 0.3 is 0 Å². The zero-order chi connectivity index (χ0) is 21.2. The van der Waals surface area contributed by atoms with E-state index in [0.29, 0.717) is 36.9 Å². The number of amides is 1. The highest BCUT2D eigenvalue weighted by Crippen LogP contribution is 2.11. The third-order valence-electron chi connectivity index (χ3n) is 4.50. The van der Waals surface area contributed by atoms with E-state index in [-0.39, 0.29) is 29.9 Å². The Morgan fingerprint density at radius 2 is 1.68 bits per heavy atom. The summed E-state index contributed by atoms with van der Waals surface area (Å²) in [4.78, 5) is 16.6. The number of nitrogens with zero attached hydrogens (tertiary/aromatic N) is 1. The highest BCUT2D eigenvalue weighted by molar-refractivity contribution is 14.0. The summed E-state index contributed by atoms with van der Waals surface area (Å²) in [7, 11) is 3.37. The normalized spacial score (nSPS) is 10.7. The second kappa shape index (κ2) is 12.6. The molecule has 3 N–H and O–H groups in total. The smallest absolute Gasteiger partial charge is 0.251 e. The second-order valence-electron chi connectivity index (χ2n) is 6.59. The van der Waals surface area contributed by atoms with Crippen LogP contribution in [0.2, 0.25) is 0 Å². The van der Waals surface area contributed by atoms with Gasteiger partial charge in [0.2, 0.25) is 0 Å². The predicted octanol–water partition coefficient (Wildman–Crippen LogP) is 3.70. The number of halogens is 1. The highest BCUT2D eigenvalue weighted by atomic mass is 127. The number of rotatable bonds is 8. The molecule has 0 radical (unpaired) electrons. The molecule has 1 heterocycles. The molecule has 0 unspecified atom stereocenters. The Morgan fingerprint density at radius 1 is 0.935 bits per heavy atom. The van der Waals surface area contributed by atoms with Gasteiger partial charge in [-0.1, -0.05) is 24.3 Å². The first-order valence-corrected chi connectivity index (χ1v) is 9.65. The van der Waals surface area contributed by atoms with E-state index < -0.39 is 0 Å². The van der Waals surface area contributed by atoms with E-state index in [1.807, 2.05) is 48.5 Å². The van der Waals surface area contributed by atoms with Crippen LogP contribution in [0.5, 0.6) is 5.75 Å². The number of hydrogen-bond acceptors (Lipinski definition) is 4. The number of benzene rings is 2. The topological polar surface area (TPSA) is 87.9 Å². The van der Waals surface area contributed by atoms with Gasteiger partial charge in [-0.25, -0.2) is 0 Å². The molecule has 3 rings (SSSR count). The minimum absolute atomic E-state index is 0. The highest BCUT2D eigenvalue weighted by Gasteiger charge is 2.07. The quantitative estimate of drug-likeness (QED) is 0.233. The molecule has 2 aromatic carbocycles. The number of carbonyl (C=O) groups excluding carboxylic acids is 1. The lowest BCUT2D eigenvalue weighted by molar-refractivity contribution is 0.0948. The summed E-state index contributed by atoms with van der Waals surface area (Å²) in [5, 5.41) is 9.39. The van der Waals surface area contributed by atoms with Crippen LogP contribution in [-0.4, -0.2) is 26.0 Å². The van der Waals surface area contributed by atoms with Gasteiger partial charge in [0, 0.05) is 25.7 Å². The molecule has 0 bridgehead atoms. The third kappa shape index (κ3) is 7.63. The predicted molar refractivity (Wildman–Crippen MR) is 132 cm³/mol. The maximum absolute atomic E-state index is 12.4. The molecule has 8 heteroatoms. The van der Waals surface area contributed by atoms with Crippen molar-refractivity contribution in [2.75, 3.05) is 14.2 Å². The van der Waals surface area contributed by atoms with E-state index in [2.05, 4.69) is 20.9 Å². The Labute approximate surface area is 199 Å². The fourth-order valence-electron chi connectivity index (χ4n) is 2.84. The van der Waals surface area contributed by atoms with Crippen LogP contribution in [0.4, 0.5) is 0 Å². The number of methoxy groups -OCH3 is 1. The first kappa shape index (κ1) is 24.3. The van der Waals surface area contributed by atoms with E-state index in [9.17, 15) is 4.79 Å². The SMILES string of the molecule is CN=C(NCc1ccc(OC)cc1)NCc1cccc(C(=O)NCc2ccco2)c1.I. The van der Waals surface area contributed by atoms with E-state index in [1.165, 1.54) is 0 Å². The standard InChI is InChI=1S/C23H26N4O3.HI/c1-24-23(26-14-17-8-10-20(29-2)11-9-17)27-15-18-5-3-6-19(13-18)22(28)25-16-21-7-4-12-30-21;/h3-13H,14-16H2,1-2H3,(H,25,28)(H2,24,26,27);1H. The molecule has 0 saturated heterocycles. The zero-order valence-corrected chi connectivity index (χ0v) is 19.9. The number of ether oxygens (including phenoxy) is 1. The summed E-state index contributed by atoms with van der Waals surface area (Å²) in [5.41, 5.74) is 2.70. The summed E-state index contributed by atoms with van der Waals surface area (Å²) in [6, 6.07) is 19.0. The van der Waals surface area contributed by atoms with Crippen molar-refractivity contribution in [1.29, 1.82) is 0 Å². The van der Waals surface area contributed by atoms with Crippen LogP contribution in [0.25, 0.3) is 0 Å². The molecule has 0 aliphatic carbocycles. The maximum atomic E-state index is 12.4. The second-order valence-corrected chi connectivity index (χ2v) is 6.59. The molecule has 0 saturated carbocycles. The van der Waals surface area contributed by atoms with Crippen LogP contribution in [0, 0.1) is 0 Å². The van der Waals surface area contributed by atoms with Gasteiger partial charge in [0.25, 0.3) is 5.91 Å².